The summed E-state index contributed by atoms with van der Waals surface area (Å²) in [7, 11) is 1.70. The fourth-order valence-electron chi connectivity index (χ4n) is 5.18. The minimum absolute atomic E-state index is 0.0180. The maximum Gasteiger partial charge on any atom is 0.408 e. The Bertz CT molecular complexity index is 1540. The summed E-state index contributed by atoms with van der Waals surface area (Å²) in [6.07, 6.45) is -0.0757. The van der Waals surface area contributed by atoms with E-state index in [-0.39, 0.29) is 17.7 Å². The number of hydrogen-bond acceptors (Lipinski definition) is 5. The van der Waals surface area contributed by atoms with Crippen LogP contribution in [0.5, 0.6) is 5.75 Å². The summed E-state index contributed by atoms with van der Waals surface area (Å²) in [5.41, 5.74) is 1.42. The molecule has 2 bridgehead atoms. The highest BCUT2D eigenvalue weighted by atomic mass is 19.3. The lowest BCUT2D eigenvalue weighted by Crippen LogP contribution is -2.44. The molecule has 2 aliphatic heterocycles. The van der Waals surface area contributed by atoms with Gasteiger partial charge in [-0.2, -0.15) is 8.78 Å². The highest BCUT2D eigenvalue weighted by Crippen LogP contribution is 2.49. The minimum atomic E-state index is -3.02. The number of halogens is 2. The second-order valence-corrected chi connectivity index (χ2v) is 11.3. The average Bonchev–Trinajstić information content (AvgIpc) is 3.33. The Balaban J connectivity index is 1.55. The van der Waals surface area contributed by atoms with Gasteiger partial charge in [-0.1, -0.05) is 17.9 Å². The van der Waals surface area contributed by atoms with E-state index in [4.69, 9.17) is 14.5 Å². The maximum atomic E-state index is 13.3. The molecule has 0 saturated heterocycles. The van der Waals surface area contributed by atoms with Crippen molar-refractivity contribution in [3.63, 3.8) is 0 Å². The highest BCUT2D eigenvalue weighted by Gasteiger charge is 2.45. The second kappa shape index (κ2) is 9.26. The van der Waals surface area contributed by atoms with Crippen molar-refractivity contribution in [2.45, 2.75) is 70.9 Å². The van der Waals surface area contributed by atoms with Crippen LogP contribution in [0.3, 0.4) is 0 Å². The third-order valence-electron chi connectivity index (χ3n) is 6.74. The van der Waals surface area contributed by atoms with Gasteiger partial charge in [0.2, 0.25) is 0 Å². The van der Waals surface area contributed by atoms with Crippen molar-refractivity contribution < 1.29 is 27.8 Å². The molecule has 204 valence electrons. The lowest BCUT2D eigenvalue weighted by molar-refractivity contribution is -0.0507. The number of carbonyl (C=O) groups is 2. The van der Waals surface area contributed by atoms with Gasteiger partial charge < -0.3 is 24.3 Å². The van der Waals surface area contributed by atoms with Crippen LogP contribution in [0.25, 0.3) is 11.0 Å². The Morgan fingerprint density at radius 3 is 2.59 bits per heavy atom. The third kappa shape index (κ3) is 5.01. The highest BCUT2D eigenvalue weighted by molar-refractivity contribution is 5.97. The summed E-state index contributed by atoms with van der Waals surface area (Å²) in [5, 5.41) is 2.77. The number of nitrogens with zero attached hydrogens (tertiary/aromatic N) is 3. The van der Waals surface area contributed by atoms with Crippen LogP contribution in [0.15, 0.2) is 36.4 Å². The summed E-state index contributed by atoms with van der Waals surface area (Å²) >= 11 is 0. The zero-order valence-corrected chi connectivity index (χ0v) is 22.6. The SMILES string of the molecule is CN1C(=O)c2cccc(OC(F)F)c2C2CC1c1nc3ccc(C#CC(C)(C)NC(=O)OC(C)(C)C)cc3n12. The lowest BCUT2D eigenvalue weighted by atomic mass is 9.97. The van der Waals surface area contributed by atoms with Gasteiger partial charge >= 0.3 is 12.7 Å². The Morgan fingerprint density at radius 1 is 1.15 bits per heavy atom. The molecule has 0 spiro atoms. The molecule has 3 aromatic rings. The first-order valence-corrected chi connectivity index (χ1v) is 12.7. The summed E-state index contributed by atoms with van der Waals surface area (Å²) in [4.78, 5) is 31.9. The number of aromatic nitrogens is 2. The third-order valence-corrected chi connectivity index (χ3v) is 6.74. The molecule has 2 atom stereocenters. The molecule has 1 aromatic heterocycles. The smallest absolute Gasteiger partial charge is 0.408 e. The van der Waals surface area contributed by atoms with Crippen LogP contribution in [0.4, 0.5) is 13.6 Å². The van der Waals surface area contributed by atoms with Gasteiger partial charge in [-0.25, -0.2) is 9.78 Å². The summed E-state index contributed by atoms with van der Waals surface area (Å²) in [5.74, 6) is 6.61. The molecule has 2 aromatic carbocycles. The van der Waals surface area contributed by atoms with Crippen molar-refractivity contribution >= 4 is 23.0 Å². The molecule has 0 aliphatic carbocycles. The Morgan fingerprint density at radius 2 is 1.90 bits per heavy atom. The zero-order chi connectivity index (χ0) is 28.3. The van der Waals surface area contributed by atoms with Gasteiger partial charge in [-0.15, -0.1) is 0 Å². The van der Waals surface area contributed by atoms with E-state index in [0.717, 1.165) is 5.52 Å². The number of alkyl halides is 2. The van der Waals surface area contributed by atoms with Gasteiger partial charge in [0.1, 0.15) is 17.2 Å². The number of carbonyl (C=O) groups excluding carboxylic acids is 2. The van der Waals surface area contributed by atoms with Crippen LogP contribution in [-0.2, 0) is 4.74 Å². The maximum absolute atomic E-state index is 13.3. The van der Waals surface area contributed by atoms with E-state index in [1.165, 1.54) is 6.07 Å². The molecule has 8 nitrogen and oxygen atoms in total. The van der Waals surface area contributed by atoms with Crippen LogP contribution >= 0.6 is 0 Å². The molecular weight excluding hydrogens is 506 g/mol. The molecule has 0 fully saturated rings. The summed E-state index contributed by atoms with van der Waals surface area (Å²) in [6, 6.07) is 9.46. The topological polar surface area (TPSA) is 85.7 Å². The number of nitrogens with one attached hydrogen (secondary N) is 1. The van der Waals surface area contributed by atoms with Gasteiger partial charge in [0, 0.05) is 30.2 Å². The fourth-order valence-corrected chi connectivity index (χ4v) is 5.18. The summed E-state index contributed by atoms with van der Waals surface area (Å²) in [6.45, 7) is 5.89. The van der Waals surface area contributed by atoms with E-state index in [2.05, 4.69) is 17.2 Å². The van der Waals surface area contributed by atoms with Gasteiger partial charge in [0.15, 0.2) is 0 Å². The predicted octanol–water partition coefficient (Wildman–Crippen LogP) is 5.41. The number of ether oxygens (including phenoxy) is 2. The van der Waals surface area contributed by atoms with Gasteiger partial charge in [0.05, 0.1) is 28.7 Å². The van der Waals surface area contributed by atoms with E-state index in [9.17, 15) is 18.4 Å². The molecule has 0 radical (unpaired) electrons. The Hall–Kier alpha value is -4.13. The molecule has 2 unspecified atom stereocenters. The molecular formula is C29H30F2N4O4. The average molecular weight is 537 g/mol. The van der Waals surface area contributed by atoms with Crippen molar-refractivity contribution in [1.29, 1.82) is 0 Å². The monoisotopic (exact) mass is 536 g/mol. The van der Waals surface area contributed by atoms with Crippen molar-refractivity contribution in [3.8, 4) is 17.6 Å². The first-order chi connectivity index (χ1) is 18.2. The van der Waals surface area contributed by atoms with Crippen molar-refractivity contribution in [3.05, 3.63) is 58.9 Å². The van der Waals surface area contributed by atoms with E-state index in [0.29, 0.717) is 34.5 Å². The number of benzene rings is 2. The van der Waals surface area contributed by atoms with Crippen LogP contribution in [0.1, 0.15) is 80.4 Å². The van der Waals surface area contributed by atoms with Gasteiger partial charge in [-0.3, -0.25) is 4.79 Å². The number of alkyl carbamates (subject to hydrolysis) is 1. The molecule has 3 heterocycles. The standard InChI is InChI=1S/C29H30F2N4O4/c1-28(2,3)39-27(37)33-29(4,5)13-12-16-10-11-18-19(14-16)35-20-15-21(24(35)32-18)34(6)25(36)17-8-7-9-22(23(17)20)38-26(30)31/h7-11,14,20-21,26H,15H2,1-6H3,(H,33,37). The number of hydrogen-bond donors (Lipinski definition) is 1. The molecule has 2 aliphatic rings. The Kier molecular flexibility index (Phi) is 6.29. The molecule has 39 heavy (non-hydrogen) atoms. The number of amides is 2. The quantitative estimate of drug-likeness (QED) is 0.453. The molecule has 0 saturated carbocycles. The first kappa shape index (κ1) is 26.5. The molecule has 10 heteroatoms. The van der Waals surface area contributed by atoms with E-state index in [1.54, 1.807) is 58.7 Å². The van der Waals surface area contributed by atoms with Crippen molar-refractivity contribution in [1.82, 2.24) is 19.8 Å². The normalized spacial score (nSPS) is 18.3. The van der Waals surface area contributed by atoms with Crippen molar-refractivity contribution in [2.75, 3.05) is 7.05 Å². The first-order valence-electron chi connectivity index (χ1n) is 12.7. The fraction of sp³-hybridized carbons (Fsp3) is 0.414. The largest absolute Gasteiger partial charge is 0.444 e. The molecule has 2 amide bonds. The van der Waals surface area contributed by atoms with Gasteiger partial charge in [0.25, 0.3) is 5.91 Å². The van der Waals surface area contributed by atoms with E-state index < -0.39 is 29.9 Å². The van der Waals surface area contributed by atoms with Crippen LogP contribution in [0.2, 0.25) is 0 Å². The molecule has 1 N–H and O–H groups in total. The minimum Gasteiger partial charge on any atom is -0.444 e. The van der Waals surface area contributed by atoms with Crippen LogP contribution < -0.4 is 10.1 Å². The summed E-state index contributed by atoms with van der Waals surface area (Å²) < 4.78 is 38.8. The van der Waals surface area contributed by atoms with Gasteiger partial charge in [-0.05, 0) is 65.0 Å². The number of imidazole rings is 1. The van der Waals surface area contributed by atoms with Crippen LogP contribution in [-0.4, -0.2) is 51.3 Å². The van der Waals surface area contributed by atoms with E-state index >= 15 is 0 Å². The lowest BCUT2D eigenvalue weighted by Gasteiger charge is -2.24. The van der Waals surface area contributed by atoms with Crippen molar-refractivity contribution in [2.24, 2.45) is 0 Å². The Labute approximate surface area is 225 Å². The van der Waals surface area contributed by atoms with E-state index in [1.807, 2.05) is 22.8 Å². The van der Waals surface area contributed by atoms with Crippen LogP contribution in [0, 0.1) is 11.8 Å². The molecule has 5 rings (SSSR count). The second-order valence-electron chi connectivity index (χ2n) is 11.3. The zero-order valence-electron chi connectivity index (χ0n) is 22.6. The number of fused-ring (bicyclic) bond motifs is 9. The number of rotatable bonds is 3. The predicted molar refractivity (Wildman–Crippen MR) is 141 cm³/mol.